The van der Waals surface area contributed by atoms with Gasteiger partial charge in [-0.05, 0) is 25.1 Å². The third-order valence-electron chi connectivity index (χ3n) is 4.53. The summed E-state index contributed by atoms with van der Waals surface area (Å²) in [4.78, 5) is 26.4. The van der Waals surface area contributed by atoms with E-state index in [0.29, 0.717) is 23.2 Å². The van der Waals surface area contributed by atoms with Gasteiger partial charge in [-0.3, -0.25) is 9.59 Å². The number of hydrogen-bond donors (Lipinski definition) is 2. The van der Waals surface area contributed by atoms with Crippen molar-refractivity contribution in [2.24, 2.45) is 5.92 Å². The second-order valence-electron chi connectivity index (χ2n) is 6.46. The third kappa shape index (κ3) is 3.01. The Kier molecular flexibility index (Phi) is 4.08. The molecule has 0 radical (unpaired) electrons. The fourth-order valence-corrected chi connectivity index (χ4v) is 3.06. The molecule has 2 N–H and O–H groups in total. The number of amides is 1. The molecule has 26 heavy (non-hydrogen) atoms. The Bertz CT molecular complexity index is 1010. The predicted molar refractivity (Wildman–Crippen MR) is 97.2 cm³/mol. The highest BCUT2D eigenvalue weighted by Crippen LogP contribution is 2.21. The zero-order valence-electron chi connectivity index (χ0n) is 14.3. The van der Waals surface area contributed by atoms with Crippen LogP contribution in [-0.2, 0) is 0 Å². The van der Waals surface area contributed by atoms with E-state index in [1.807, 2.05) is 19.1 Å². The lowest BCUT2D eigenvalue weighted by molar-refractivity contribution is 0.0940. The third-order valence-corrected chi connectivity index (χ3v) is 4.53. The van der Waals surface area contributed by atoms with Crippen molar-refractivity contribution < 1.29 is 4.79 Å². The number of anilines is 1. The second kappa shape index (κ2) is 6.55. The number of nitrogens with one attached hydrogen (secondary N) is 2. The molecule has 1 fully saturated rings. The molecule has 0 aliphatic carbocycles. The standard InChI is InChI=1S/C18H18N6O2/c1-11-6-7-15(21-20-11)24-9-12(10-24)8-19-18(26)16-13-4-2-3-5-14(13)17(25)23-22-16/h2-7,12H,8-10H2,1H3,(H,19,26)(H,23,25). The van der Waals surface area contributed by atoms with Gasteiger partial charge in [0.05, 0.1) is 11.1 Å². The van der Waals surface area contributed by atoms with Gasteiger partial charge in [0.25, 0.3) is 11.5 Å². The lowest BCUT2D eigenvalue weighted by Crippen LogP contribution is -2.52. The Balaban J connectivity index is 1.38. The van der Waals surface area contributed by atoms with Gasteiger partial charge in [0, 0.05) is 30.9 Å². The fraction of sp³-hybridized carbons (Fsp3) is 0.278. The molecule has 0 saturated carbocycles. The lowest BCUT2D eigenvalue weighted by Gasteiger charge is -2.39. The van der Waals surface area contributed by atoms with Crippen LogP contribution in [0.15, 0.2) is 41.2 Å². The number of aromatic amines is 1. The summed E-state index contributed by atoms with van der Waals surface area (Å²) in [7, 11) is 0. The maximum atomic E-state index is 12.5. The van der Waals surface area contributed by atoms with Crippen LogP contribution >= 0.6 is 0 Å². The molecule has 1 amide bonds. The van der Waals surface area contributed by atoms with Gasteiger partial charge in [0.15, 0.2) is 11.5 Å². The van der Waals surface area contributed by atoms with E-state index in [1.165, 1.54) is 0 Å². The zero-order valence-corrected chi connectivity index (χ0v) is 14.3. The van der Waals surface area contributed by atoms with Crippen molar-refractivity contribution in [2.45, 2.75) is 6.92 Å². The summed E-state index contributed by atoms with van der Waals surface area (Å²) in [5, 5.41) is 18.4. The molecule has 0 unspecified atom stereocenters. The summed E-state index contributed by atoms with van der Waals surface area (Å²) in [6.07, 6.45) is 0. The smallest absolute Gasteiger partial charge is 0.272 e. The number of aryl methyl sites for hydroxylation is 1. The first-order valence-electron chi connectivity index (χ1n) is 8.43. The van der Waals surface area contributed by atoms with Crippen LogP contribution < -0.4 is 15.8 Å². The molecule has 0 spiro atoms. The Morgan fingerprint density at radius 2 is 1.96 bits per heavy atom. The maximum Gasteiger partial charge on any atom is 0.272 e. The van der Waals surface area contributed by atoms with Gasteiger partial charge in [-0.1, -0.05) is 18.2 Å². The average Bonchev–Trinajstić information content (AvgIpc) is 2.62. The van der Waals surface area contributed by atoms with E-state index in [2.05, 4.69) is 30.6 Å². The summed E-state index contributed by atoms with van der Waals surface area (Å²) in [6.45, 7) is 4.08. The molecule has 1 aromatic carbocycles. The molecule has 1 saturated heterocycles. The highest BCUT2D eigenvalue weighted by Gasteiger charge is 2.28. The summed E-state index contributed by atoms with van der Waals surface area (Å²) in [5.74, 6) is 0.911. The summed E-state index contributed by atoms with van der Waals surface area (Å²) >= 11 is 0. The van der Waals surface area contributed by atoms with Crippen molar-refractivity contribution in [1.29, 1.82) is 0 Å². The quantitative estimate of drug-likeness (QED) is 0.724. The second-order valence-corrected chi connectivity index (χ2v) is 6.46. The van der Waals surface area contributed by atoms with Crippen LogP contribution in [0.25, 0.3) is 10.8 Å². The number of benzene rings is 1. The van der Waals surface area contributed by atoms with Crippen LogP contribution in [0.2, 0.25) is 0 Å². The molecule has 3 aromatic rings. The SMILES string of the molecule is Cc1ccc(N2CC(CNC(=O)c3n[nH]c(=O)c4ccccc34)C2)nn1. The number of carbonyl (C=O) groups excluding carboxylic acids is 1. The molecule has 3 heterocycles. The highest BCUT2D eigenvalue weighted by molar-refractivity contribution is 6.04. The molecule has 1 aliphatic heterocycles. The number of nitrogens with zero attached hydrogens (tertiary/aromatic N) is 4. The number of H-pyrrole nitrogens is 1. The predicted octanol–water partition coefficient (Wildman–Crippen LogP) is 0.888. The number of carbonyl (C=O) groups is 1. The van der Waals surface area contributed by atoms with E-state index < -0.39 is 0 Å². The van der Waals surface area contributed by atoms with E-state index in [0.717, 1.165) is 24.6 Å². The first kappa shape index (κ1) is 16.2. The van der Waals surface area contributed by atoms with Gasteiger partial charge < -0.3 is 10.2 Å². The van der Waals surface area contributed by atoms with Crippen molar-refractivity contribution in [3.05, 3.63) is 58.1 Å². The first-order valence-corrected chi connectivity index (χ1v) is 8.43. The average molecular weight is 350 g/mol. The lowest BCUT2D eigenvalue weighted by atomic mass is 10.00. The normalized spacial score (nSPS) is 14.3. The summed E-state index contributed by atoms with van der Waals surface area (Å²) in [6, 6.07) is 10.8. The summed E-state index contributed by atoms with van der Waals surface area (Å²) < 4.78 is 0. The summed E-state index contributed by atoms with van der Waals surface area (Å²) in [5.41, 5.74) is 0.825. The Hall–Kier alpha value is -3.29. The van der Waals surface area contributed by atoms with Gasteiger partial charge in [0.2, 0.25) is 0 Å². The number of rotatable bonds is 4. The van der Waals surface area contributed by atoms with E-state index in [4.69, 9.17) is 0 Å². The van der Waals surface area contributed by atoms with Crippen LogP contribution in [-0.4, -0.2) is 45.9 Å². The van der Waals surface area contributed by atoms with Crippen LogP contribution in [0.1, 0.15) is 16.2 Å². The highest BCUT2D eigenvalue weighted by atomic mass is 16.2. The molecule has 0 atom stereocenters. The van der Waals surface area contributed by atoms with Crippen LogP contribution in [0.3, 0.4) is 0 Å². The molecule has 0 bridgehead atoms. The first-order chi connectivity index (χ1) is 12.6. The number of hydrogen-bond acceptors (Lipinski definition) is 6. The molecule has 8 heteroatoms. The van der Waals surface area contributed by atoms with Crippen LogP contribution in [0.4, 0.5) is 5.82 Å². The van der Waals surface area contributed by atoms with E-state index in [9.17, 15) is 9.59 Å². The van der Waals surface area contributed by atoms with E-state index in [-0.39, 0.29) is 17.2 Å². The Morgan fingerprint density at radius 3 is 2.69 bits per heavy atom. The Labute approximate surface area is 149 Å². The molecular weight excluding hydrogens is 332 g/mol. The van der Waals surface area contributed by atoms with E-state index >= 15 is 0 Å². The van der Waals surface area contributed by atoms with Crippen LogP contribution in [0.5, 0.6) is 0 Å². The maximum absolute atomic E-state index is 12.5. The minimum atomic E-state index is -0.300. The van der Waals surface area contributed by atoms with Crippen LogP contribution in [0, 0.1) is 12.8 Å². The molecule has 1 aliphatic rings. The minimum absolute atomic E-state index is 0.237. The van der Waals surface area contributed by atoms with Crippen molar-refractivity contribution in [2.75, 3.05) is 24.5 Å². The largest absolute Gasteiger partial charge is 0.354 e. The zero-order chi connectivity index (χ0) is 18.1. The fourth-order valence-electron chi connectivity index (χ4n) is 3.06. The minimum Gasteiger partial charge on any atom is -0.354 e. The van der Waals surface area contributed by atoms with Crippen molar-refractivity contribution in [3.63, 3.8) is 0 Å². The molecule has 132 valence electrons. The van der Waals surface area contributed by atoms with Crippen molar-refractivity contribution >= 4 is 22.5 Å². The van der Waals surface area contributed by atoms with E-state index in [1.54, 1.807) is 24.3 Å². The molecule has 4 rings (SSSR count). The number of fused-ring (bicyclic) bond motifs is 1. The van der Waals surface area contributed by atoms with Gasteiger partial charge in [0.1, 0.15) is 0 Å². The molecule has 2 aromatic heterocycles. The topological polar surface area (TPSA) is 104 Å². The van der Waals surface area contributed by atoms with Gasteiger partial charge in [-0.25, -0.2) is 5.10 Å². The number of aromatic nitrogens is 4. The monoisotopic (exact) mass is 350 g/mol. The molecular formula is C18H18N6O2. The molecule has 8 nitrogen and oxygen atoms in total. The Morgan fingerprint density at radius 1 is 1.19 bits per heavy atom. The van der Waals surface area contributed by atoms with Crippen molar-refractivity contribution in [1.82, 2.24) is 25.7 Å². The van der Waals surface area contributed by atoms with Gasteiger partial charge in [-0.15, -0.1) is 5.10 Å². The van der Waals surface area contributed by atoms with Gasteiger partial charge >= 0.3 is 0 Å². The van der Waals surface area contributed by atoms with Gasteiger partial charge in [-0.2, -0.15) is 10.2 Å². The van der Waals surface area contributed by atoms with Crippen molar-refractivity contribution in [3.8, 4) is 0 Å².